The van der Waals surface area contributed by atoms with Gasteiger partial charge in [-0.3, -0.25) is 0 Å². The lowest BCUT2D eigenvalue weighted by Gasteiger charge is -2.11. The van der Waals surface area contributed by atoms with E-state index in [1.807, 2.05) is 6.92 Å². The number of nitrogen functional groups attached to an aromatic ring is 1. The first-order chi connectivity index (χ1) is 9.38. The zero-order chi connectivity index (χ0) is 14.9. The average molecular weight is 294 g/mol. The highest BCUT2D eigenvalue weighted by Crippen LogP contribution is 2.24. The molecule has 1 aromatic carbocycles. The Bertz CT molecular complexity index is 735. The van der Waals surface area contributed by atoms with Gasteiger partial charge in [0.2, 0.25) is 10.0 Å². The van der Waals surface area contributed by atoms with Crippen LogP contribution in [-0.4, -0.2) is 24.7 Å². The Labute approximate surface area is 118 Å². The van der Waals surface area contributed by atoms with E-state index in [1.54, 1.807) is 42.8 Å². The van der Waals surface area contributed by atoms with E-state index in [2.05, 4.69) is 9.82 Å². The molecule has 0 saturated carbocycles. The molecule has 6 nitrogen and oxygen atoms in total. The molecule has 0 bridgehead atoms. The van der Waals surface area contributed by atoms with Crippen LogP contribution in [0.5, 0.6) is 0 Å². The van der Waals surface area contributed by atoms with Gasteiger partial charge in [-0.15, -0.1) is 0 Å². The predicted octanol–water partition coefficient (Wildman–Crippen LogP) is 1.37. The molecule has 3 N–H and O–H groups in total. The van der Waals surface area contributed by atoms with Crippen LogP contribution in [0.15, 0.2) is 29.2 Å². The molecule has 0 fully saturated rings. The molecule has 108 valence electrons. The van der Waals surface area contributed by atoms with E-state index >= 15 is 0 Å². The van der Waals surface area contributed by atoms with E-state index in [9.17, 15) is 8.42 Å². The first kappa shape index (κ1) is 14.5. The smallest absolute Gasteiger partial charge is 0.242 e. The van der Waals surface area contributed by atoms with Crippen LogP contribution in [0.25, 0.3) is 5.69 Å². The quantitative estimate of drug-likeness (QED) is 0.891. The van der Waals surface area contributed by atoms with Gasteiger partial charge in [-0.25, -0.2) is 17.8 Å². The van der Waals surface area contributed by atoms with Crippen LogP contribution in [0, 0.1) is 13.8 Å². The van der Waals surface area contributed by atoms with Gasteiger partial charge in [0, 0.05) is 6.54 Å². The number of sulfonamides is 1. The summed E-state index contributed by atoms with van der Waals surface area (Å²) in [5.74, 6) is 0. The van der Waals surface area contributed by atoms with Crippen LogP contribution < -0.4 is 10.5 Å². The summed E-state index contributed by atoms with van der Waals surface area (Å²) in [4.78, 5) is 0.187. The molecule has 0 radical (unpaired) electrons. The van der Waals surface area contributed by atoms with E-state index in [1.165, 1.54) is 0 Å². The number of para-hydroxylation sites is 1. The minimum Gasteiger partial charge on any atom is -0.396 e. The number of nitrogens with two attached hydrogens (primary N) is 1. The molecular formula is C13H18N4O2S. The molecule has 0 amide bonds. The Morgan fingerprint density at radius 1 is 1.30 bits per heavy atom. The molecule has 0 atom stereocenters. The van der Waals surface area contributed by atoms with E-state index in [0.29, 0.717) is 23.6 Å². The van der Waals surface area contributed by atoms with Gasteiger partial charge in [0.25, 0.3) is 0 Å². The van der Waals surface area contributed by atoms with E-state index in [0.717, 1.165) is 5.69 Å². The van der Waals surface area contributed by atoms with Crippen molar-refractivity contribution >= 4 is 15.7 Å². The maximum atomic E-state index is 12.2. The number of hydrogen-bond donors (Lipinski definition) is 2. The third kappa shape index (κ3) is 2.41. The summed E-state index contributed by atoms with van der Waals surface area (Å²) in [5, 5.41) is 4.31. The van der Waals surface area contributed by atoms with Gasteiger partial charge < -0.3 is 5.73 Å². The Kier molecular flexibility index (Phi) is 3.82. The Balaban J connectivity index is 2.67. The monoisotopic (exact) mass is 294 g/mol. The maximum Gasteiger partial charge on any atom is 0.242 e. The number of nitrogens with zero attached hydrogens (tertiary/aromatic N) is 2. The van der Waals surface area contributed by atoms with Crippen molar-refractivity contribution in [3.63, 3.8) is 0 Å². The molecule has 20 heavy (non-hydrogen) atoms. The number of nitrogens with one attached hydrogen (secondary N) is 1. The highest BCUT2D eigenvalue weighted by Gasteiger charge is 2.20. The number of aromatic nitrogens is 2. The fourth-order valence-corrected chi connectivity index (χ4v) is 3.24. The molecule has 7 heteroatoms. The molecule has 0 aliphatic carbocycles. The highest BCUT2D eigenvalue weighted by atomic mass is 32.2. The Hall–Kier alpha value is -1.86. The van der Waals surface area contributed by atoms with Crippen molar-refractivity contribution in [2.45, 2.75) is 25.7 Å². The summed E-state index contributed by atoms with van der Waals surface area (Å²) in [6.45, 7) is 5.67. The SMILES string of the molecule is CCNS(=O)(=O)c1ccccc1-n1nc(C)c(N)c1C. The summed E-state index contributed by atoms with van der Waals surface area (Å²) < 4.78 is 28.5. The Morgan fingerprint density at radius 3 is 2.50 bits per heavy atom. The summed E-state index contributed by atoms with van der Waals surface area (Å²) in [6.07, 6.45) is 0. The standard InChI is InChI=1S/C13H18N4O2S/c1-4-15-20(18,19)12-8-6-5-7-11(12)17-10(3)13(14)9(2)16-17/h5-8,15H,4,14H2,1-3H3. The van der Waals surface area contributed by atoms with Crippen molar-refractivity contribution in [3.8, 4) is 5.69 Å². The van der Waals surface area contributed by atoms with E-state index in [-0.39, 0.29) is 4.90 Å². The van der Waals surface area contributed by atoms with Crippen LogP contribution in [0.4, 0.5) is 5.69 Å². The summed E-state index contributed by atoms with van der Waals surface area (Å²) in [7, 11) is -3.56. The van der Waals surface area contributed by atoms with Gasteiger partial charge in [0.15, 0.2) is 0 Å². The topological polar surface area (TPSA) is 90.0 Å². The van der Waals surface area contributed by atoms with Gasteiger partial charge in [-0.05, 0) is 26.0 Å². The molecule has 1 aromatic heterocycles. The number of anilines is 1. The average Bonchev–Trinajstić information content (AvgIpc) is 2.66. The van der Waals surface area contributed by atoms with E-state index in [4.69, 9.17) is 5.73 Å². The summed E-state index contributed by atoms with van der Waals surface area (Å²) in [6, 6.07) is 6.72. The molecule has 0 unspecified atom stereocenters. The second kappa shape index (κ2) is 5.26. The van der Waals surface area contributed by atoms with Crippen LogP contribution in [0.1, 0.15) is 18.3 Å². The molecule has 0 aliphatic heterocycles. The molecule has 0 saturated heterocycles. The van der Waals surface area contributed by atoms with Crippen LogP contribution in [0.2, 0.25) is 0 Å². The zero-order valence-electron chi connectivity index (χ0n) is 11.7. The molecule has 2 rings (SSSR count). The molecule has 0 spiro atoms. The summed E-state index contributed by atoms with van der Waals surface area (Å²) in [5.41, 5.74) is 8.37. The number of benzene rings is 1. The maximum absolute atomic E-state index is 12.2. The largest absolute Gasteiger partial charge is 0.396 e. The minimum atomic E-state index is -3.56. The predicted molar refractivity (Wildman–Crippen MR) is 78.3 cm³/mol. The molecule has 0 aliphatic rings. The number of hydrogen-bond acceptors (Lipinski definition) is 4. The van der Waals surface area contributed by atoms with E-state index < -0.39 is 10.0 Å². The summed E-state index contributed by atoms with van der Waals surface area (Å²) >= 11 is 0. The van der Waals surface area contributed by atoms with Gasteiger partial charge >= 0.3 is 0 Å². The Morgan fingerprint density at radius 2 is 1.95 bits per heavy atom. The lowest BCUT2D eigenvalue weighted by atomic mass is 10.3. The van der Waals surface area contributed by atoms with Gasteiger partial charge in [0.05, 0.1) is 22.8 Å². The second-order valence-electron chi connectivity index (χ2n) is 4.47. The van der Waals surface area contributed by atoms with Crippen molar-refractivity contribution in [2.24, 2.45) is 0 Å². The molecule has 2 aromatic rings. The lowest BCUT2D eigenvalue weighted by Crippen LogP contribution is -2.24. The normalized spacial score (nSPS) is 11.8. The first-order valence-corrected chi connectivity index (χ1v) is 7.77. The second-order valence-corrected chi connectivity index (χ2v) is 6.20. The van der Waals surface area contributed by atoms with Crippen LogP contribution in [-0.2, 0) is 10.0 Å². The highest BCUT2D eigenvalue weighted by molar-refractivity contribution is 7.89. The van der Waals surface area contributed by atoms with Gasteiger partial charge in [0.1, 0.15) is 4.90 Å². The lowest BCUT2D eigenvalue weighted by molar-refractivity contribution is 0.582. The van der Waals surface area contributed by atoms with Gasteiger partial charge in [-0.1, -0.05) is 19.1 Å². The fourth-order valence-electron chi connectivity index (χ4n) is 2.02. The van der Waals surface area contributed by atoms with Crippen LogP contribution >= 0.6 is 0 Å². The third-order valence-electron chi connectivity index (χ3n) is 3.06. The third-order valence-corrected chi connectivity index (χ3v) is 4.66. The zero-order valence-corrected chi connectivity index (χ0v) is 12.5. The fraction of sp³-hybridized carbons (Fsp3) is 0.308. The molecular weight excluding hydrogens is 276 g/mol. The first-order valence-electron chi connectivity index (χ1n) is 6.29. The van der Waals surface area contributed by atoms with Crippen molar-refractivity contribution in [1.29, 1.82) is 0 Å². The van der Waals surface area contributed by atoms with Crippen molar-refractivity contribution in [1.82, 2.24) is 14.5 Å². The van der Waals surface area contributed by atoms with Crippen molar-refractivity contribution in [3.05, 3.63) is 35.7 Å². The van der Waals surface area contributed by atoms with Crippen molar-refractivity contribution in [2.75, 3.05) is 12.3 Å². The van der Waals surface area contributed by atoms with Crippen LogP contribution in [0.3, 0.4) is 0 Å². The minimum absolute atomic E-state index is 0.187. The number of rotatable bonds is 4. The molecule has 1 heterocycles. The number of aryl methyl sites for hydroxylation is 1. The van der Waals surface area contributed by atoms with Crippen molar-refractivity contribution < 1.29 is 8.42 Å². The van der Waals surface area contributed by atoms with Gasteiger partial charge in [-0.2, -0.15) is 5.10 Å².